The smallest absolute Gasteiger partial charge is 0.171 e. The maximum Gasteiger partial charge on any atom is 0.171 e. The average molecular weight is 339 g/mol. The molecule has 2 aromatic rings. The third-order valence-electron chi connectivity index (χ3n) is 4.58. The standard InChI is InChI=1S/C19H18N2S2/c1-23-14-9-6-13(7-10-14)17-16-11-8-12-4-2-3-5-15(12)18(16)21-19(22)20-17/h2-7,9-10,17H,8,11H2,1H3,(H2,20,21,22)/t17-/m0/s1. The van der Waals surface area contributed by atoms with Crippen LogP contribution in [0.25, 0.3) is 5.70 Å². The van der Waals surface area contributed by atoms with Crippen molar-refractivity contribution >= 4 is 34.8 Å². The van der Waals surface area contributed by atoms with E-state index in [0.717, 1.165) is 12.8 Å². The van der Waals surface area contributed by atoms with Crippen LogP contribution in [0.5, 0.6) is 0 Å². The SMILES string of the molecule is CSc1ccc([C@@H]2NC(=S)NC3=C2CCc2ccccc23)cc1. The second-order valence-corrected chi connectivity index (χ2v) is 7.15. The van der Waals surface area contributed by atoms with Crippen molar-refractivity contribution in [3.05, 3.63) is 70.8 Å². The second-order valence-electron chi connectivity index (χ2n) is 5.86. The first kappa shape index (κ1) is 14.8. The third kappa shape index (κ3) is 2.66. The zero-order valence-corrected chi connectivity index (χ0v) is 14.6. The molecule has 0 fully saturated rings. The first-order valence-electron chi connectivity index (χ1n) is 7.79. The fourth-order valence-corrected chi connectivity index (χ4v) is 4.06. The molecule has 0 saturated heterocycles. The van der Waals surface area contributed by atoms with Crippen LogP contribution in [0.2, 0.25) is 0 Å². The van der Waals surface area contributed by atoms with Gasteiger partial charge < -0.3 is 10.6 Å². The Morgan fingerprint density at radius 2 is 1.83 bits per heavy atom. The quantitative estimate of drug-likeness (QED) is 0.630. The maximum absolute atomic E-state index is 5.47. The number of fused-ring (bicyclic) bond motifs is 2. The molecule has 1 heterocycles. The molecular formula is C19H18N2S2. The minimum atomic E-state index is 0.169. The van der Waals surface area contributed by atoms with E-state index in [4.69, 9.17) is 12.2 Å². The number of thioether (sulfide) groups is 1. The summed E-state index contributed by atoms with van der Waals surface area (Å²) in [5.41, 5.74) is 6.59. The maximum atomic E-state index is 5.47. The monoisotopic (exact) mass is 338 g/mol. The van der Waals surface area contributed by atoms with Crippen LogP contribution in [0.15, 0.2) is 59.0 Å². The van der Waals surface area contributed by atoms with Crippen molar-refractivity contribution in [2.45, 2.75) is 23.8 Å². The van der Waals surface area contributed by atoms with Gasteiger partial charge in [0.1, 0.15) is 0 Å². The second kappa shape index (κ2) is 6.02. The van der Waals surface area contributed by atoms with Gasteiger partial charge >= 0.3 is 0 Å². The molecule has 0 unspecified atom stereocenters. The van der Waals surface area contributed by atoms with E-state index in [1.807, 2.05) is 0 Å². The van der Waals surface area contributed by atoms with Gasteiger partial charge in [0, 0.05) is 16.2 Å². The Bertz CT molecular complexity index is 793. The molecule has 116 valence electrons. The van der Waals surface area contributed by atoms with E-state index >= 15 is 0 Å². The van der Waals surface area contributed by atoms with Gasteiger partial charge in [-0.25, -0.2) is 0 Å². The van der Waals surface area contributed by atoms with E-state index in [1.54, 1.807) is 11.8 Å². The molecule has 2 nitrogen and oxygen atoms in total. The number of hydrogen-bond acceptors (Lipinski definition) is 2. The van der Waals surface area contributed by atoms with Crippen LogP contribution in [0.1, 0.15) is 29.2 Å². The molecule has 0 saturated carbocycles. The van der Waals surface area contributed by atoms with Gasteiger partial charge in [0.25, 0.3) is 0 Å². The number of benzene rings is 2. The minimum Gasteiger partial charge on any atom is -0.352 e. The van der Waals surface area contributed by atoms with Gasteiger partial charge in [-0.2, -0.15) is 0 Å². The Labute approximate surface area is 146 Å². The Hall–Kier alpha value is -1.78. The lowest BCUT2D eigenvalue weighted by Gasteiger charge is -2.35. The predicted octanol–water partition coefficient (Wildman–Crippen LogP) is 4.28. The van der Waals surface area contributed by atoms with E-state index in [2.05, 4.69) is 65.4 Å². The van der Waals surface area contributed by atoms with E-state index in [-0.39, 0.29) is 6.04 Å². The van der Waals surface area contributed by atoms with Crippen LogP contribution in [-0.2, 0) is 6.42 Å². The number of hydrogen-bond donors (Lipinski definition) is 2. The summed E-state index contributed by atoms with van der Waals surface area (Å²) >= 11 is 7.24. The van der Waals surface area contributed by atoms with Crippen LogP contribution < -0.4 is 10.6 Å². The van der Waals surface area contributed by atoms with Crippen LogP contribution in [-0.4, -0.2) is 11.4 Å². The van der Waals surface area contributed by atoms with Crippen molar-refractivity contribution in [3.63, 3.8) is 0 Å². The molecule has 1 aliphatic heterocycles. The summed E-state index contributed by atoms with van der Waals surface area (Å²) in [6.45, 7) is 0. The molecule has 4 heteroatoms. The van der Waals surface area contributed by atoms with Crippen LogP contribution in [0.4, 0.5) is 0 Å². The highest BCUT2D eigenvalue weighted by molar-refractivity contribution is 7.98. The molecule has 2 N–H and O–H groups in total. The van der Waals surface area contributed by atoms with E-state index in [0.29, 0.717) is 5.11 Å². The summed E-state index contributed by atoms with van der Waals surface area (Å²) in [6, 6.07) is 17.6. The first-order chi connectivity index (χ1) is 11.3. The van der Waals surface area contributed by atoms with Crippen molar-refractivity contribution < 1.29 is 0 Å². The molecule has 1 aliphatic carbocycles. The lowest BCUT2D eigenvalue weighted by molar-refractivity contribution is 0.667. The van der Waals surface area contributed by atoms with Gasteiger partial charge in [0.05, 0.1) is 6.04 Å². The number of nitrogens with one attached hydrogen (secondary N) is 2. The minimum absolute atomic E-state index is 0.169. The summed E-state index contributed by atoms with van der Waals surface area (Å²) in [7, 11) is 0. The van der Waals surface area contributed by atoms with Crippen molar-refractivity contribution in [2.24, 2.45) is 0 Å². The zero-order chi connectivity index (χ0) is 15.8. The highest BCUT2D eigenvalue weighted by Crippen LogP contribution is 2.38. The average Bonchev–Trinajstić information content (AvgIpc) is 2.61. The Morgan fingerprint density at radius 3 is 2.61 bits per heavy atom. The Kier molecular flexibility index (Phi) is 3.87. The molecule has 0 bridgehead atoms. The molecule has 0 radical (unpaired) electrons. The van der Waals surface area contributed by atoms with Gasteiger partial charge in [0.15, 0.2) is 5.11 Å². The van der Waals surface area contributed by atoms with Crippen molar-refractivity contribution in [1.29, 1.82) is 0 Å². The molecule has 23 heavy (non-hydrogen) atoms. The number of aryl methyl sites for hydroxylation is 1. The Balaban J connectivity index is 1.80. The number of rotatable bonds is 2. The van der Waals surface area contributed by atoms with Gasteiger partial charge in [0.2, 0.25) is 0 Å². The largest absolute Gasteiger partial charge is 0.352 e. The fraction of sp³-hybridized carbons (Fsp3) is 0.211. The molecule has 4 rings (SSSR count). The Morgan fingerprint density at radius 1 is 1.04 bits per heavy atom. The highest BCUT2D eigenvalue weighted by atomic mass is 32.2. The summed E-state index contributed by atoms with van der Waals surface area (Å²) in [5, 5.41) is 7.56. The van der Waals surface area contributed by atoms with Crippen LogP contribution in [0, 0.1) is 0 Å². The predicted molar refractivity (Wildman–Crippen MR) is 102 cm³/mol. The number of thiocarbonyl (C=S) groups is 1. The topological polar surface area (TPSA) is 24.1 Å². The van der Waals surface area contributed by atoms with Gasteiger partial charge in [-0.05, 0) is 60.1 Å². The normalized spacial score (nSPS) is 19.5. The molecule has 1 atom stereocenters. The highest BCUT2D eigenvalue weighted by Gasteiger charge is 2.30. The van der Waals surface area contributed by atoms with Gasteiger partial charge in [-0.15, -0.1) is 11.8 Å². The summed E-state index contributed by atoms with van der Waals surface area (Å²) in [5.74, 6) is 0. The third-order valence-corrected chi connectivity index (χ3v) is 5.55. The lowest BCUT2D eigenvalue weighted by Crippen LogP contribution is -2.44. The lowest BCUT2D eigenvalue weighted by atomic mass is 9.83. The molecule has 2 aromatic carbocycles. The van der Waals surface area contributed by atoms with E-state index < -0.39 is 0 Å². The van der Waals surface area contributed by atoms with Gasteiger partial charge in [-0.3, -0.25) is 0 Å². The van der Waals surface area contributed by atoms with E-state index in [1.165, 1.54) is 32.9 Å². The van der Waals surface area contributed by atoms with Gasteiger partial charge in [-0.1, -0.05) is 36.4 Å². The summed E-state index contributed by atoms with van der Waals surface area (Å²) < 4.78 is 0. The fourth-order valence-electron chi connectivity index (χ4n) is 3.43. The molecule has 0 spiro atoms. The zero-order valence-electron chi connectivity index (χ0n) is 12.9. The summed E-state index contributed by atoms with van der Waals surface area (Å²) in [6.07, 6.45) is 4.25. The molecular weight excluding hydrogens is 320 g/mol. The van der Waals surface area contributed by atoms with E-state index in [9.17, 15) is 0 Å². The first-order valence-corrected chi connectivity index (χ1v) is 9.42. The molecule has 0 amide bonds. The van der Waals surface area contributed by atoms with Crippen molar-refractivity contribution in [2.75, 3.05) is 6.26 Å². The molecule has 0 aromatic heterocycles. The van der Waals surface area contributed by atoms with Crippen LogP contribution >= 0.6 is 24.0 Å². The molecule has 2 aliphatic rings. The van der Waals surface area contributed by atoms with Crippen molar-refractivity contribution in [3.8, 4) is 0 Å². The van der Waals surface area contributed by atoms with Crippen molar-refractivity contribution in [1.82, 2.24) is 10.6 Å². The summed E-state index contributed by atoms with van der Waals surface area (Å²) in [4.78, 5) is 1.29. The van der Waals surface area contributed by atoms with Crippen LogP contribution in [0.3, 0.4) is 0 Å².